The minimum absolute atomic E-state index is 0.641. The fourth-order valence-electron chi connectivity index (χ4n) is 1.60. The van der Waals surface area contributed by atoms with E-state index in [4.69, 9.17) is 17.3 Å². The number of nitrogens with two attached hydrogens (primary N) is 1. The minimum atomic E-state index is 0.641. The Bertz CT molecular complexity index is 518. The summed E-state index contributed by atoms with van der Waals surface area (Å²) in [5.41, 5.74) is 9.47. The molecule has 80 valence electrons. The summed E-state index contributed by atoms with van der Waals surface area (Å²) in [6.45, 7) is 4.06. The highest BCUT2D eigenvalue weighted by Gasteiger charge is 2.05. The minimum Gasteiger partial charge on any atom is -0.398 e. The van der Waals surface area contributed by atoms with Crippen molar-refractivity contribution in [2.75, 3.05) is 5.73 Å². The third kappa shape index (κ3) is 2.10. The van der Waals surface area contributed by atoms with Gasteiger partial charge >= 0.3 is 0 Å². The second kappa shape index (κ2) is 4.42. The molecule has 0 heterocycles. The molecule has 0 spiro atoms. The quantitative estimate of drug-likeness (QED) is 0.775. The van der Waals surface area contributed by atoms with Crippen molar-refractivity contribution in [2.45, 2.75) is 0 Å². The molecule has 2 N–H and O–H groups in total. The molecule has 2 aromatic carbocycles. The first-order valence-corrected chi connectivity index (χ1v) is 5.36. The smallest absolute Gasteiger partial charge is 0.0426 e. The zero-order chi connectivity index (χ0) is 11.5. The maximum absolute atomic E-state index is 5.91. The van der Waals surface area contributed by atoms with Crippen molar-refractivity contribution >= 4 is 22.9 Å². The monoisotopic (exact) mass is 229 g/mol. The van der Waals surface area contributed by atoms with Gasteiger partial charge in [0.2, 0.25) is 0 Å². The first-order valence-electron chi connectivity index (χ1n) is 4.98. The third-order valence-corrected chi connectivity index (χ3v) is 2.70. The number of halogens is 1. The highest BCUT2D eigenvalue weighted by Crippen LogP contribution is 2.28. The second-order valence-corrected chi connectivity index (χ2v) is 4.01. The summed E-state index contributed by atoms with van der Waals surface area (Å²) < 4.78 is 0. The van der Waals surface area contributed by atoms with Crippen LogP contribution in [0.2, 0.25) is 5.02 Å². The van der Waals surface area contributed by atoms with Crippen LogP contribution in [0.4, 0.5) is 5.69 Å². The molecule has 2 heteroatoms. The van der Waals surface area contributed by atoms with Crippen LogP contribution in [-0.2, 0) is 0 Å². The standard InChI is InChI=1S/C14H12ClN/c1-10(11-5-3-2-4-6-11)13-8-7-12(15)9-14(13)16/h2-9H,1,16H2. The Kier molecular flexibility index (Phi) is 2.97. The van der Waals surface area contributed by atoms with Gasteiger partial charge in [-0.2, -0.15) is 0 Å². The molecule has 0 aliphatic rings. The van der Waals surface area contributed by atoms with Crippen molar-refractivity contribution in [2.24, 2.45) is 0 Å². The third-order valence-electron chi connectivity index (χ3n) is 2.46. The van der Waals surface area contributed by atoms with Crippen LogP contribution in [-0.4, -0.2) is 0 Å². The lowest BCUT2D eigenvalue weighted by molar-refractivity contribution is 1.55. The molecule has 2 rings (SSSR count). The van der Waals surface area contributed by atoms with Gasteiger partial charge in [0.05, 0.1) is 0 Å². The van der Waals surface area contributed by atoms with Crippen molar-refractivity contribution in [3.05, 3.63) is 71.3 Å². The Labute approximate surface area is 100 Å². The molecule has 0 saturated carbocycles. The number of hydrogen-bond donors (Lipinski definition) is 1. The highest BCUT2D eigenvalue weighted by atomic mass is 35.5. The summed E-state index contributed by atoms with van der Waals surface area (Å²) in [5.74, 6) is 0. The molecule has 2 aromatic rings. The van der Waals surface area contributed by atoms with Gasteiger partial charge in [0.1, 0.15) is 0 Å². The number of nitrogen functional groups attached to an aromatic ring is 1. The van der Waals surface area contributed by atoms with E-state index in [0.29, 0.717) is 10.7 Å². The van der Waals surface area contributed by atoms with E-state index in [1.54, 1.807) is 6.07 Å². The molecule has 16 heavy (non-hydrogen) atoms. The molecular formula is C14H12ClN. The molecule has 1 nitrogen and oxygen atoms in total. The largest absolute Gasteiger partial charge is 0.398 e. The SMILES string of the molecule is C=C(c1ccccc1)c1ccc(Cl)cc1N. The van der Waals surface area contributed by atoms with Crippen molar-refractivity contribution < 1.29 is 0 Å². The lowest BCUT2D eigenvalue weighted by Crippen LogP contribution is -1.94. The van der Waals surface area contributed by atoms with Crippen molar-refractivity contribution in [3.8, 4) is 0 Å². The summed E-state index contributed by atoms with van der Waals surface area (Å²) in [6, 6.07) is 15.4. The Morgan fingerprint density at radius 3 is 2.38 bits per heavy atom. The zero-order valence-electron chi connectivity index (χ0n) is 8.78. The van der Waals surface area contributed by atoms with Gasteiger partial charge < -0.3 is 5.73 Å². The molecule has 0 aromatic heterocycles. The van der Waals surface area contributed by atoms with E-state index < -0.39 is 0 Å². The van der Waals surface area contributed by atoms with E-state index >= 15 is 0 Å². The first kappa shape index (κ1) is 10.8. The van der Waals surface area contributed by atoms with Crippen LogP contribution in [0.1, 0.15) is 11.1 Å². The maximum atomic E-state index is 5.91. The fraction of sp³-hybridized carbons (Fsp3) is 0. The highest BCUT2D eigenvalue weighted by molar-refractivity contribution is 6.31. The molecule has 0 radical (unpaired) electrons. The Balaban J connectivity index is 2.42. The lowest BCUT2D eigenvalue weighted by Gasteiger charge is -2.09. The summed E-state index contributed by atoms with van der Waals surface area (Å²) in [5, 5.41) is 0.641. The first-order chi connectivity index (χ1) is 7.68. The van der Waals surface area contributed by atoms with Crippen LogP contribution >= 0.6 is 11.6 Å². The Hall–Kier alpha value is -1.73. The van der Waals surface area contributed by atoms with Gasteiger partial charge in [-0.05, 0) is 23.3 Å². The van der Waals surface area contributed by atoms with Crippen LogP contribution in [0.3, 0.4) is 0 Å². The van der Waals surface area contributed by atoms with Crippen LogP contribution in [0.25, 0.3) is 5.57 Å². The second-order valence-electron chi connectivity index (χ2n) is 3.58. The van der Waals surface area contributed by atoms with E-state index in [2.05, 4.69) is 6.58 Å². The molecule has 0 aliphatic carbocycles. The van der Waals surface area contributed by atoms with Gasteiger partial charge in [-0.25, -0.2) is 0 Å². The lowest BCUT2D eigenvalue weighted by atomic mass is 9.98. The van der Waals surface area contributed by atoms with Crippen molar-refractivity contribution in [1.29, 1.82) is 0 Å². The van der Waals surface area contributed by atoms with Crippen molar-refractivity contribution in [1.82, 2.24) is 0 Å². The van der Waals surface area contributed by atoms with Gasteiger partial charge in [-0.1, -0.05) is 54.6 Å². The predicted molar refractivity (Wildman–Crippen MR) is 70.4 cm³/mol. The summed E-state index contributed by atoms with van der Waals surface area (Å²) >= 11 is 5.86. The molecule has 0 fully saturated rings. The Morgan fingerprint density at radius 2 is 1.75 bits per heavy atom. The van der Waals surface area contributed by atoms with Gasteiger partial charge in [-0.3, -0.25) is 0 Å². The van der Waals surface area contributed by atoms with Crippen LogP contribution < -0.4 is 5.73 Å². The van der Waals surface area contributed by atoms with Gasteiger partial charge in [0.25, 0.3) is 0 Å². The van der Waals surface area contributed by atoms with Crippen LogP contribution in [0, 0.1) is 0 Å². The normalized spacial score (nSPS) is 10.1. The van der Waals surface area contributed by atoms with E-state index in [1.807, 2.05) is 42.5 Å². The number of anilines is 1. The van der Waals surface area contributed by atoms with E-state index in [0.717, 1.165) is 16.7 Å². The number of hydrogen-bond acceptors (Lipinski definition) is 1. The molecular weight excluding hydrogens is 218 g/mol. The molecule has 0 aliphatic heterocycles. The molecule has 0 bridgehead atoms. The van der Waals surface area contributed by atoms with E-state index in [9.17, 15) is 0 Å². The molecule has 0 amide bonds. The van der Waals surface area contributed by atoms with Crippen LogP contribution in [0.15, 0.2) is 55.1 Å². The number of benzene rings is 2. The maximum Gasteiger partial charge on any atom is 0.0426 e. The average Bonchev–Trinajstić information content (AvgIpc) is 2.29. The molecule has 0 unspecified atom stereocenters. The topological polar surface area (TPSA) is 26.0 Å². The van der Waals surface area contributed by atoms with Gasteiger partial charge in [0, 0.05) is 16.3 Å². The Morgan fingerprint density at radius 1 is 1.06 bits per heavy atom. The van der Waals surface area contributed by atoms with Crippen LogP contribution in [0.5, 0.6) is 0 Å². The van der Waals surface area contributed by atoms with Gasteiger partial charge in [-0.15, -0.1) is 0 Å². The summed E-state index contributed by atoms with van der Waals surface area (Å²) in [6.07, 6.45) is 0. The van der Waals surface area contributed by atoms with Crippen molar-refractivity contribution in [3.63, 3.8) is 0 Å². The predicted octanol–water partition coefficient (Wildman–Crippen LogP) is 3.98. The fourth-order valence-corrected chi connectivity index (χ4v) is 1.78. The van der Waals surface area contributed by atoms with E-state index in [-0.39, 0.29) is 0 Å². The molecule has 0 saturated heterocycles. The molecule has 0 atom stereocenters. The zero-order valence-corrected chi connectivity index (χ0v) is 9.54. The van der Waals surface area contributed by atoms with E-state index in [1.165, 1.54) is 0 Å². The van der Waals surface area contributed by atoms with Gasteiger partial charge in [0.15, 0.2) is 0 Å². The number of rotatable bonds is 2. The average molecular weight is 230 g/mol. The summed E-state index contributed by atoms with van der Waals surface area (Å²) in [4.78, 5) is 0. The summed E-state index contributed by atoms with van der Waals surface area (Å²) in [7, 11) is 0.